The molecular formula is C15H21N3O6. The summed E-state index contributed by atoms with van der Waals surface area (Å²) in [7, 11) is 0. The van der Waals surface area contributed by atoms with Gasteiger partial charge in [-0.15, -0.1) is 0 Å². The van der Waals surface area contributed by atoms with Crippen molar-refractivity contribution in [3.63, 3.8) is 0 Å². The van der Waals surface area contributed by atoms with Crippen molar-refractivity contribution in [3.8, 4) is 0 Å². The Morgan fingerprint density at radius 2 is 1.96 bits per heavy atom. The van der Waals surface area contributed by atoms with Crippen molar-refractivity contribution < 1.29 is 24.4 Å². The summed E-state index contributed by atoms with van der Waals surface area (Å²) in [6.07, 6.45) is 0. The highest BCUT2D eigenvalue weighted by atomic mass is 16.6. The number of non-ortho nitro benzene ring substituents is 1. The number of aromatic carboxylic acids is 1. The van der Waals surface area contributed by atoms with Crippen LogP contribution in [0.15, 0.2) is 18.2 Å². The molecule has 0 aliphatic heterocycles. The molecule has 0 saturated carbocycles. The van der Waals surface area contributed by atoms with Gasteiger partial charge in [-0.1, -0.05) is 0 Å². The van der Waals surface area contributed by atoms with Crippen LogP contribution < -0.4 is 10.6 Å². The lowest BCUT2D eigenvalue weighted by Gasteiger charge is -2.19. The highest BCUT2D eigenvalue weighted by molar-refractivity contribution is 5.94. The number of hydrogen-bond donors (Lipinski definition) is 3. The molecule has 0 aliphatic rings. The number of carboxylic acid groups (broad SMARTS) is 1. The summed E-state index contributed by atoms with van der Waals surface area (Å²) >= 11 is 0. The van der Waals surface area contributed by atoms with Crippen LogP contribution in [0.3, 0.4) is 0 Å². The maximum Gasteiger partial charge on any atom is 0.337 e. The lowest BCUT2D eigenvalue weighted by atomic mass is 10.1. The molecule has 0 fully saturated rings. The predicted octanol–water partition coefficient (Wildman–Crippen LogP) is 1.64. The first-order valence-corrected chi connectivity index (χ1v) is 7.28. The molecule has 3 N–H and O–H groups in total. The van der Waals surface area contributed by atoms with Crippen LogP contribution in [-0.4, -0.2) is 47.2 Å². The molecule has 0 amide bonds. The number of anilines is 1. The number of carbonyl (C=O) groups is 2. The van der Waals surface area contributed by atoms with Crippen molar-refractivity contribution in [2.24, 2.45) is 0 Å². The molecule has 9 heteroatoms. The Morgan fingerprint density at radius 1 is 1.29 bits per heavy atom. The Morgan fingerprint density at radius 3 is 2.50 bits per heavy atom. The van der Waals surface area contributed by atoms with Gasteiger partial charge < -0.3 is 20.5 Å². The number of carboxylic acids is 1. The minimum absolute atomic E-state index is 0.0136. The number of nitrogens with zero attached hydrogens (tertiary/aromatic N) is 1. The number of nitro groups is 1. The molecule has 1 aromatic carbocycles. The predicted molar refractivity (Wildman–Crippen MR) is 87.3 cm³/mol. The normalized spacial score (nSPS) is 11.0. The first-order chi connectivity index (χ1) is 11.1. The van der Waals surface area contributed by atoms with Crippen LogP contribution in [0.4, 0.5) is 11.4 Å². The quantitative estimate of drug-likeness (QED) is 0.282. The summed E-state index contributed by atoms with van der Waals surface area (Å²) in [5.41, 5.74) is -0.677. The first kappa shape index (κ1) is 19.4. The molecule has 9 nitrogen and oxygen atoms in total. The first-order valence-electron chi connectivity index (χ1n) is 7.28. The molecule has 0 aromatic heterocycles. The number of hydrogen-bond acceptors (Lipinski definition) is 7. The molecule has 24 heavy (non-hydrogen) atoms. The SMILES string of the molecule is CC(C)(C)OC(=O)CNCCNc1cc([N+](=O)[O-])ccc1C(=O)O. The van der Waals surface area contributed by atoms with E-state index in [1.807, 2.05) is 0 Å². The third-order valence-corrected chi connectivity index (χ3v) is 2.75. The van der Waals surface area contributed by atoms with E-state index in [-0.39, 0.29) is 30.0 Å². The average Bonchev–Trinajstić information content (AvgIpc) is 2.44. The zero-order valence-electron chi connectivity index (χ0n) is 13.8. The largest absolute Gasteiger partial charge is 0.478 e. The van der Waals surface area contributed by atoms with Gasteiger partial charge in [-0.2, -0.15) is 0 Å². The summed E-state index contributed by atoms with van der Waals surface area (Å²) < 4.78 is 5.12. The van der Waals surface area contributed by atoms with Gasteiger partial charge in [0.15, 0.2) is 0 Å². The summed E-state index contributed by atoms with van der Waals surface area (Å²) in [5, 5.41) is 25.5. The molecule has 1 aromatic rings. The standard InChI is InChI=1S/C15H21N3O6/c1-15(2,3)24-13(19)9-16-6-7-17-12-8-10(18(22)23)4-5-11(12)14(20)21/h4-5,8,16-17H,6-7,9H2,1-3H3,(H,20,21). The molecule has 0 saturated heterocycles. The van der Waals surface area contributed by atoms with E-state index in [1.165, 1.54) is 6.07 Å². The van der Waals surface area contributed by atoms with Gasteiger partial charge in [0, 0.05) is 25.2 Å². The highest BCUT2D eigenvalue weighted by Gasteiger charge is 2.16. The van der Waals surface area contributed by atoms with Gasteiger partial charge >= 0.3 is 11.9 Å². The smallest absolute Gasteiger partial charge is 0.337 e. The van der Waals surface area contributed by atoms with Gasteiger partial charge in [0.2, 0.25) is 0 Å². The fraction of sp³-hybridized carbons (Fsp3) is 0.467. The number of rotatable bonds is 8. The van der Waals surface area contributed by atoms with E-state index in [4.69, 9.17) is 9.84 Å². The van der Waals surface area contributed by atoms with E-state index in [9.17, 15) is 19.7 Å². The van der Waals surface area contributed by atoms with Crippen molar-refractivity contribution >= 4 is 23.3 Å². The number of ether oxygens (including phenoxy) is 1. The van der Waals surface area contributed by atoms with Gasteiger partial charge in [-0.3, -0.25) is 14.9 Å². The van der Waals surface area contributed by atoms with E-state index < -0.39 is 22.5 Å². The topological polar surface area (TPSA) is 131 Å². The van der Waals surface area contributed by atoms with Crippen LogP contribution >= 0.6 is 0 Å². The van der Waals surface area contributed by atoms with Crippen molar-refractivity contribution in [1.82, 2.24) is 5.32 Å². The second-order valence-electron chi connectivity index (χ2n) is 5.98. The van der Waals surface area contributed by atoms with E-state index in [0.717, 1.165) is 12.1 Å². The Labute approximate surface area is 139 Å². The summed E-state index contributed by atoms with van der Waals surface area (Å²) in [6, 6.07) is 3.48. The summed E-state index contributed by atoms with van der Waals surface area (Å²) in [5.74, 6) is -1.59. The van der Waals surface area contributed by atoms with Crippen LogP contribution in [0.2, 0.25) is 0 Å². The van der Waals surface area contributed by atoms with E-state index >= 15 is 0 Å². The minimum atomic E-state index is -1.19. The fourth-order valence-electron chi connectivity index (χ4n) is 1.83. The van der Waals surface area contributed by atoms with Crippen LogP contribution in [-0.2, 0) is 9.53 Å². The van der Waals surface area contributed by atoms with Crippen molar-refractivity contribution in [3.05, 3.63) is 33.9 Å². The lowest BCUT2D eigenvalue weighted by Crippen LogP contribution is -2.33. The summed E-state index contributed by atoms with van der Waals surface area (Å²) in [4.78, 5) is 32.8. The Hall–Kier alpha value is -2.68. The molecule has 0 atom stereocenters. The molecule has 132 valence electrons. The highest BCUT2D eigenvalue weighted by Crippen LogP contribution is 2.22. The maximum absolute atomic E-state index is 11.5. The van der Waals surface area contributed by atoms with Gasteiger partial charge in [0.05, 0.1) is 22.7 Å². The van der Waals surface area contributed by atoms with Crippen LogP contribution in [0, 0.1) is 10.1 Å². The Kier molecular flexibility index (Phi) is 6.66. The zero-order chi connectivity index (χ0) is 18.3. The second-order valence-corrected chi connectivity index (χ2v) is 5.98. The van der Waals surface area contributed by atoms with Gasteiger partial charge in [-0.05, 0) is 26.8 Å². The molecule has 0 heterocycles. The van der Waals surface area contributed by atoms with Crippen LogP contribution in [0.1, 0.15) is 31.1 Å². The third-order valence-electron chi connectivity index (χ3n) is 2.75. The minimum Gasteiger partial charge on any atom is -0.478 e. The van der Waals surface area contributed by atoms with Crippen molar-refractivity contribution in [1.29, 1.82) is 0 Å². The maximum atomic E-state index is 11.5. The number of esters is 1. The third kappa shape index (κ3) is 6.61. The number of benzene rings is 1. The molecule has 0 bridgehead atoms. The van der Waals surface area contributed by atoms with Gasteiger partial charge in [0.25, 0.3) is 5.69 Å². The molecule has 0 spiro atoms. The average molecular weight is 339 g/mol. The van der Waals surface area contributed by atoms with Crippen molar-refractivity contribution in [2.75, 3.05) is 25.0 Å². The second kappa shape index (κ2) is 8.25. The Balaban J connectivity index is 2.52. The molecule has 0 aliphatic carbocycles. The number of carbonyl (C=O) groups excluding carboxylic acids is 1. The molecule has 1 rings (SSSR count). The van der Waals surface area contributed by atoms with Crippen molar-refractivity contribution in [2.45, 2.75) is 26.4 Å². The lowest BCUT2D eigenvalue weighted by molar-refractivity contribution is -0.384. The Bertz CT molecular complexity index is 624. The van der Waals surface area contributed by atoms with E-state index in [1.54, 1.807) is 20.8 Å². The monoisotopic (exact) mass is 339 g/mol. The fourth-order valence-corrected chi connectivity index (χ4v) is 1.83. The van der Waals surface area contributed by atoms with Crippen LogP contribution in [0.5, 0.6) is 0 Å². The molecular weight excluding hydrogens is 318 g/mol. The number of nitro benzene ring substituents is 1. The zero-order valence-corrected chi connectivity index (χ0v) is 13.8. The van der Waals surface area contributed by atoms with Gasteiger partial charge in [-0.25, -0.2) is 4.79 Å². The molecule has 0 unspecified atom stereocenters. The molecule has 0 radical (unpaired) electrons. The van der Waals surface area contributed by atoms with E-state index in [2.05, 4.69) is 10.6 Å². The summed E-state index contributed by atoms with van der Waals surface area (Å²) in [6.45, 7) is 5.94. The van der Waals surface area contributed by atoms with Crippen LogP contribution in [0.25, 0.3) is 0 Å². The van der Waals surface area contributed by atoms with E-state index in [0.29, 0.717) is 6.54 Å². The van der Waals surface area contributed by atoms with Gasteiger partial charge in [0.1, 0.15) is 5.60 Å². The number of nitrogens with one attached hydrogen (secondary N) is 2.